The number of aliphatic hydroxyl groups is 1. The molecule has 5 N–H and O–H groups in total. The Balaban J connectivity index is 2.07. The number of nitrogens with two attached hydrogens (primary N) is 1. The number of nitrogens with zero attached hydrogens (tertiary/aromatic N) is 3. The van der Waals surface area contributed by atoms with Crippen LogP contribution in [-0.2, 0) is 6.54 Å². The van der Waals surface area contributed by atoms with Gasteiger partial charge in [0.2, 0.25) is 11.5 Å². The Labute approximate surface area is 182 Å². The lowest BCUT2D eigenvalue weighted by Gasteiger charge is -2.30. The lowest BCUT2D eigenvalue weighted by atomic mass is 9.95. The van der Waals surface area contributed by atoms with E-state index in [1.807, 2.05) is 44.1 Å². The molecular weight excluding hydrogens is 392 g/mol. The Morgan fingerprint density at radius 1 is 1.26 bits per heavy atom. The van der Waals surface area contributed by atoms with Gasteiger partial charge in [-0.15, -0.1) is 0 Å². The Morgan fingerprint density at radius 2 is 2.03 bits per heavy atom. The average molecular weight is 425 g/mol. The third-order valence-corrected chi connectivity index (χ3v) is 5.37. The van der Waals surface area contributed by atoms with Crippen LogP contribution in [-0.4, -0.2) is 51.2 Å². The molecule has 0 aliphatic heterocycles. The molecule has 0 saturated carbocycles. The maximum absolute atomic E-state index is 12.0. The summed E-state index contributed by atoms with van der Waals surface area (Å²) in [6, 6.07) is 7.43. The minimum Gasteiger partial charge on any atom is -0.394 e. The minimum atomic E-state index is -0.506. The summed E-state index contributed by atoms with van der Waals surface area (Å²) in [7, 11) is 3.97. The summed E-state index contributed by atoms with van der Waals surface area (Å²) >= 11 is 0. The van der Waals surface area contributed by atoms with Crippen molar-refractivity contribution in [3.8, 4) is 11.1 Å². The maximum Gasteiger partial charge on any atom is 0.248 e. The van der Waals surface area contributed by atoms with Gasteiger partial charge < -0.3 is 26.0 Å². The summed E-state index contributed by atoms with van der Waals surface area (Å²) in [5, 5.41) is 14.2. The standard InChI is InChI=1S/C23H32N6O2/c1-5-6-9-23(2,14-30)28-21-17-8-7-15(10-19(17)26-22(24)27-21)18-11-20(31)25-12-16(18)13-29(3)4/h7-8,10-12,30H,5-6,9,13-14H2,1-4H3,(H,25,31)(H3,24,26,27,28)/t23-/m1/s1. The van der Waals surface area contributed by atoms with Gasteiger partial charge in [0.25, 0.3) is 0 Å². The number of nitrogen functional groups attached to an aromatic ring is 1. The van der Waals surface area contributed by atoms with E-state index in [2.05, 4.69) is 27.2 Å². The molecule has 0 aliphatic carbocycles. The Hall–Kier alpha value is -2.97. The Kier molecular flexibility index (Phi) is 6.92. The minimum absolute atomic E-state index is 0.0167. The van der Waals surface area contributed by atoms with Crippen LogP contribution >= 0.6 is 0 Å². The van der Waals surface area contributed by atoms with Crippen molar-refractivity contribution in [1.82, 2.24) is 19.9 Å². The predicted molar refractivity (Wildman–Crippen MR) is 126 cm³/mol. The summed E-state index contributed by atoms with van der Waals surface area (Å²) in [4.78, 5) is 25.6. The molecule has 0 radical (unpaired) electrons. The van der Waals surface area contributed by atoms with Crippen LogP contribution in [0.2, 0.25) is 0 Å². The summed E-state index contributed by atoms with van der Waals surface area (Å²) in [6.07, 6.45) is 4.59. The molecule has 8 heteroatoms. The van der Waals surface area contributed by atoms with Gasteiger partial charge in [0, 0.05) is 24.2 Å². The second-order valence-corrected chi connectivity index (χ2v) is 8.58. The van der Waals surface area contributed by atoms with Crippen molar-refractivity contribution < 1.29 is 5.11 Å². The smallest absolute Gasteiger partial charge is 0.248 e. The summed E-state index contributed by atoms with van der Waals surface area (Å²) in [5.41, 5.74) is 8.78. The largest absolute Gasteiger partial charge is 0.394 e. The molecule has 0 bridgehead atoms. The molecule has 166 valence electrons. The highest BCUT2D eigenvalue weighted by Crippen LogP contribution is 2.31. The van der Waals surface area contributed by atoms with Crippen molar-refractivity contribution >= 4 is 22.7 Å². The fourth-order valence-corrected chi connectivity index (χ4v) is 3.69. The lowest BCUT2D eigenvalue weighted by molar-refractivity contribution is 0.212. The zero-order valence-electron chi connectivity index (χ0n) is 18.7. The van der Waals surface area contributed by atoms with E-state index in [0.717, 1.165) is 41.3 Å². The van der Waals surface area contributed by atoms with Crippen LogP contribution in [0.3, 0.4) is 0 Å². The number of anilines is 2. The van der Waals surface area contributed by atoms with Crippen molar-refractivity contribution in [2.45, 2.75) is 45.2 Å². The van der Waals surface area contributed by atoms with Gasteiger partial charge in [0.1, 0.15) is 5.82 Å². The second kappa shape index (κ2) is 9.45. The van der Waals surface area contributed by atoms with E-state index in [-0.39, 0.29) is 18.1 Å². The van der Waals surface area contributed by atoms with E-state index < -0.39 is 5.54 Å². The first-order chi connectivity index (χ1) is 14.7. The maximum atomic E-state index is 12.0. The van der Waals surface area contributed by atoms with Crippen molar-refractivity contribution in [2.75, 3.05) is 31.8 Å². The van der Waals surface area contributed by atoms with Crippen LogP contribution in [0.25, 0.3) is 22.0 Å². The highest BCUT2D eigenvalue weighted by Gasteiger charge is 2.24. The van der Waals surface area contributed by atoms with E-state index in [0.29, 0.717) is 17.9 Å². The number of hydrogen-bond acceptors (Lipinski definition) is 7. The zero-order valence-corrected chi connectivity index (χ0v) is 18.7. The Morgan fingerprint density at radius 3 is 2.71 bits per heavy atom. The summed E-state index contributed by atoms with van der Waals surface area (Å²) < 4.78 is 0. The van der Waals surface area contributed by atoms with Crippen LogP contribution < -0.4 is 16.6 Å². The van der Waals surface area contributed by atoms with Gasteiger partial charge in [-0.1, -0.05) is 25.8 Å². The van der Waals surface area contributed by atoms with Crippen LogP contribution in [0, 0.1) is 0 Å². The molecule has 2 aromatic heterocycles. The molecule has 0 saturated heterocycles. The fourth-order valence-electron chi connectivity index (χ4n) is 3.69. The zero-order chi connectivity index (χ0) is 22.6. The number of fused-ring (bicyclic) bond motifs is 1. The quantitative estimate of drug-likeness (QED) is 0.417. The first-order valence-electron chi connectivity index (χ1n) is 10.6. The van der Waals surface area contributed by atoms with Gasteiger partial charge in [-0.3, -0.25) is 4.79 Å². The second-order valence-electron chi connectivity index (χ2n) is 8.58. The van der Waals surface area contributed by atoms with Gasteiger partial charge >= 0.3 is 0 Å². The van der Waals surface area contributed by atoms with Gasteiger partial charge in [-0.05, 0) is 56.3 Å². The SMILES string of the molecule is CCCC[C@](C)(CO)Nc1nc(N)nc2cc(-c3cc(=O)[nH]cc3CN(C)C)ccc12. The third kappa shape index (κ3) is 5.39. The molecule has 1 aromatic carbocycles. The van der Waals surface area contributed by atoms with E-state index in [4.69, 9.17) is 5.73 Å². The normalized spacial score (nSPS) is 13.5. The van der Waals surface area contributed by atoms with E-state index >= 15 is 0 Å². The number of aromatic nitrogens is 3. The first-order valence-corrected chi connectivity index (χ1v) is 10.6. The molecule has 3 aromatic rings. The van der Waals surface area contributed by atoms with Crippen LogP contribution in [0.1, 0.15) is 38.7 Å². The highest BCUT2D eigenvalue weighted by molar-refractivity contribution is 5.93. The summed E-state index contributed by atoms with van der Waals surface area (Å²) in [6.45, 7) is 4.77. The molecule has 1 atom stereocenters. The van der Waals surface area contributed by atoms with Crippen molar-refractivity contribution in [3.63, 3.8) is 0 Å². The number of aliphatic hydroxyl groups excluding tert-OH is 1. The third-order valence-electron chi connectivity index (χ3n) is 5.37. The number of nitrogens with one attached hydrogen (secondary N) is 2. The molecule has 0 amide bonds. The molecular formula is C23H32N6O2. The molecule has 0 unspecified atom stereocenters. The molecule has 0 aliphatic rings. The average Bonchev–Trinajstić information content (AvgIpc) is 2.72. The number of benzene rings is 1. The molecule has 0 fully saturated rings. The number of H-pyrrole nitrogens is 1. The van der Waals surface area contributed by atoms with E-state index in [9.17, 15) is 9.90 Å². The summed E-state index contributed by atoms with van der Waals surface area (Å²) in [5.74, 6) is 0.753. The van der Waals surface area contributed by atoms with Crippen molar-refractivity contribution in [1.29, 1.82) is 0 Å². The van der Waals surface area contributed by atoms with Gasteiger partial charge in [0.15, 0.2) is 0 Å². The monoisotopic (exact) mass is 424 g/mol. The van der Waals surface area contributed by atoms with Gasteiger partial charge in [0.05, 0.1) is 17.7 Å². The number of hydrogen-bond donors (Lipinski definition) is 4. The van der Waals surface area contributed by atoms with Crippen LogP contribution in [0.4, 0.5) is 11.8 Å². The number of aromatic amines is 1. The molecule has 31 heavy (non-hydrogen) atoms. The molecule has 0 spiro atoms. The van der Waals surface area contributed by atoms with Crippen LogP contribution in [0.15, 0.2) is 35.3 Å². The van der Waals surface area contributed by atoms with Crippen LogP contribution in [0.5, 0.6) is 0 Å². The molecule has 2 heterocycles. The Bertz CT molecular complexity index is 1110. The van der Waals surface area contributed by atoms with Gasteiger partial charge in [-0.2, -0.15) is 4.98 Å². The first kappa shape index (κ1) is 22.7. The molecule has 3 rings (SSSR count). The van der Waals surface area contributed by atoms with Gasteiger partial charge in [-0.25, -0.2) is 4.98 Å². The number of rotatable bonds is 9. The van der Waals surface area contributed by atoms with E-state index in [1.165, 1.54) is 0 Å². The van der Waals surface area contributed by atoms with Crippen molar-refractivity contribution in [2.24, 2.45) is 0 Å². The fraction of sp³-hybridized carbons (Fsp3) is 0.435. The number of pyridine rings is 1. The van der Waals surface area contributed by atoms with E-state index in [1.54, 1.807) is 12.3 Å². The molecule has 8 nitrogen and oxygen atoms in total. The lowest BCUT2D eigenvalue weighted by Crippen LogP contribution is -2.39. The highest BCUT2D eigenvalue weighted by atomic mass is 16.3. The number of unbranched alkanes of at least 4 members (excludes halogenated alkanes) is 1. The predicted octanol–water partition coefficient (Wildman–Crippen LogP) is 2.98. The topological polar surface area (TPSA) is 120 Å². The van der Waals surface area contributed by atoms with Crippen molar-refractivity contribution in [3.05, 3.63) is 46.4 Å².